The summed E-state index contributed by atoms with van der Waals surface area (Å²) in [4.78, 5) is 8.53. The Morgan fingerprint density at radius 2 is 1.96 bits per heavy atom. The molecule has 4 aromatic rings. The van der Waals surface area contributed by atoms with E-state index in [9.17, 15) is 4.39 Å². The van der Waals surface area contributed by atoms with Gasteiger partial charge in [0.15, 0.2) is 0 Å². The highest BCUT2D eigenvalue weighted by Gasteiger charge is 2.18. The van der Waals surface area contributed by atoms with Crippen LogP contribution in [0.3, 0.4) is 0 Å². The monoisotopic (exact) mass is 363 g/mol. The van der Waals surface area contributed by atoms with Gasteiger partial charge in [-0.05, 0) is 42.5 Å². The molecule has 0 saturated heterocycles. The summed E-state index contributed by atoms with van der Waals surface area (Å²) < 4.78 is 21.0. The van der Waals surface area contributed by atoms with E-state index in [1.165, 1.54) is 6.07 Å². The zero-order valence-corrected chi connectivity index (χ0v) is 14.7. The Kier molecular flexibility index (Phi) is 4.52. The number of hydrogen-bond donors (Lipinski definition) is 1. The Balaban J connectivity index is 1.74. The van der Waals surface area contributed by atoms with Crippen molar-refractivity contribution >= 4 is 10.9 Å². The van der Waals surface area contributed by atoms with Crippen molar-refractivity contribution in [3.8, 4) is 11.4 Å². The lowest BCUT2D eigenvalue weighted by Crippen LogP contribution is -2.19. The summed E-state index contributed by atoms with van der Waals surface area (Å²) in [6.45, 7) is 0. The van der Waals surface area contributed by atoms with Gasteiger partial charge in [0.25, 0.3) is 0 Å². The Morgan fingerprint density at radius 1 is 1.15 bits per heavy atom. The Bertz CT molecular complexity index is 1090. The van der Waals surface area contributed by atoms with Gasteiger partial charge in [0.05, 0.1) is 41.9 Å². The molecule has 0 saturated carbocycles. The fraction of sp³-hybridized carbons (Fsp3) is 0.150. The first kappa shape index (κ1) is 17.1. The average Bonchev–Trinajstić information content (AvgIpc) is 3.12. The summed E-state index contributed by atoms with van der Waals surface area (Å²) in [6, 6.07) is 11.9. The van der Waals surface area contributed by atoms with E-state index >= 15 is 0 Å². The number of pyridine rings is 2. The summed E-state index contributed by atoms with van der Waals surface area (Å²) in [5.41, 5.74) is 8.96. The molecule has 2 N–H and O–H groups in total. The van der Waals surface area contributed by atoms with E-state index < -0.39 is 6.04 Å². The molecule has 0 aliphatic rings. The quantitative estimate of drug-likeness (QED) is 0.589. The van der Waals surface area contributed by atoms with E-state index in [0.29, 0.717) is 11.4 Å². The third-order valence-electron chi connectivity index (χ3n) is 4.42. The van der Waals surface area contributed by atoms with Crippen LogP contribution in [0.2, 0.25) is 0 Å². The number of rotatable bonds is 5. The van der Waals surface area contributed by atoms with Crippen LogP contribution in [-0.4, -0.2) is 26.9 Å². The average molecular weight is 363 g/mol. The number of methoxy groups -OCH3 is 1. The molecule has 0 aliphatic carbocycles. The molecule has 1 unspecified atom stereocenters. The van der Waals surface area contributed by atoms with Crippen LogP contribution < -0.4 is 10.5 Å². The minimum absolute atomic E-state index is 0.240. The van der Waals surface area contributed by atoms with Crippen LogP contribution in [0.1, 0.15) is 17.4 Å². The maximum absolute atomic E-state index is 14.0. The molecule has 3 heterocycles. The number of nitrogens with zero attached hydrogens (tertiary/aromatic N) is 4. The SMILES string of the molecule is COc1ccc2c(cnn2-c2cccnc2C(N)Cc2ncccc2F)c1. The molecule has 0 aliphatic heterocycles. The molecule has 7 heteroatoms. The van der Waals surface area contributed by atoms with E-state index in [1.807, 2.05) is 30.3 Å². The third-order valence-corrected chi connectivity index (χ3v) is 4.42. The molecule has 0 spiro atoms. The smallest absolute Gasteiger partial charge is 0.144 e. The second-order valence-corrected chi connectivity index (χ2v) is 6.13. The van der Waals surface area contributed by atoms with E-state index in [4.69, 9.17) is 10.5 Å². The van der Waals surface area contributed by atoms with Crippen molar-refractivity contribution in [1.29, 1.82) is 0 Å². The molecule has 0 bridgehead atoms. The van der Waals surface area contributed by atoms with E-state index in [-0.39, 0.29) is 12.2 Å². The number of benzene rings is 1. The molecular formula is C20H18FN5O. The first-order chi connectivity index (χ1) is 13.2. The topological polar surface area (TPSA) is 78.8 Å². The predicted molar refractivity (Wildman–Crippen MR) is 100 cm³/mol. The summed E-state index contributed by atoms with van der Waals surface area (Å²) in [5.74, 6) is 0.387. The minimum Gasteiger partial charge on any atom is -0.497 e. The highest BCUT2D eigenvalue weighted by Crippen LogP contribution is 2.26. The molecule has 1 aromatic carbocycles. The highest BCUT2D eigenvalue weighted by molar-refractivity contribution is 5.82. The van der Waals surface area contributed by atoms with Gasteiger partial charge in [-0.3, -0.25) is 9.97 Å². The van der Waals surface area contributed by atoms with Crippen LogP contribution in [0, 0.1) is 5.82 Å². The van der Waals surface area contributed by atoms with Crippen LogP contribution in [0.25, 0.3) is 16.6 Å². The standard InChI is InChI=1S/C20H18FN5O/c1-27-14-6-7-18-13(10-14)12-25-26(18)19-5-3-9-24-20(19)16(22)11-17-15(21)4-2-8-23-17/h2-10,12,16H,11,22H2,1H3. The molecule has 136 valence electrons. The van der Waals surface area contributed by atoms with Gasteiger partial charge in [0, 0.05) is 24.2 Å². The summed E-state index contributed by atoms with van der Waals surface area (Å²) >= 11 is 0. The van der Waals surface area contributed by atoms with Gasteiger partial charge in [0.2, 0.25) is 0 Å². The molecular weight excluding hydrogens is 345 g/mol. The second kappa shape index (κ2) is 7.13. The Hall–Kier alpha value is -3.32. The first-order valence-corrected chi connectivity index (χ1v) is 8.49. The van der Waals surface area contributed by atoms with Gasteiger partial charge in [-0.15, -0.1) is 0 Å². The number of hydrogen-bond acceptors (Lipinski definition) is 5. The maximum atomic E-state index is 14.0. The number of fused-ring (bicyclic) bond motifs is 1. The number of ether oxygens (including phenoxy) is 1. The zero-order valence-electron chi connectivity index (χ0n) is 14.7. The van der Waals surface area contributed by atoms with E-state index in [2.05, 4.69) is 15.1 Å². The van der Waals surface area contributed by atoms with Crippen molar-refractivity contribution in [3.63, 3.8) is 0 Å². The molecule has 0 fully saturated rings. The van der Waals surface area contributed by atoms with E-state index in [1.54, 1.807) is 36.4 Å². The number of halogens is 1. The van der Waals surface area contributed by atoms with Crippen molar-refractivity contribution in [2.24, 2.45) is 5.73 Å². The lowest BCUT2D eigenvalue weighted by atomic mass is 10.1. The van der Waals surface area contributed by atoms with Crippen molar-refractivity contribution < 1.29 is 9.13 Å². The normalized spacial score (nSPS) is 12.3. The second-order valence-electron chi connectivity index (χ2n) is 6.13. The number of aromatic nitrogens is 4. The Labute approximate surface area is 155 Å². The highest BCUT2D eigenvalue weighted by atomic mass is 19.1. The molecule has 0 radical (unpaired) electrons. The van der Waals surface area contributed by atoms with Gasteiger partial charge < -0.3 is 10.5 Å². The third kappa shape index (κ3) is 3.24. The largest absolute Gasteiger partial charge is 0.497 e. The van der Waals surface area contributed by atoms with Gasteiger partial charge in [-0.25, -0.2) is 9.07 Å². The maximum Gasteiger partial charge on any atom is 0.144 e. The van der Waals surface area contributed by atoms with Gasteiger partial charge in [0.1, 0.15) is 11.6 Å². The molecule has 6 nitrogen and oxygen atoms in total. The van der Waals surface area contributed by atoms with Crippen molar-refractivity contribution in [2.75, 3.05) is 7.11 Å². The first-order valence-electron chi connectivity index (χ1n) is 8.49. The van der Waals surface area contributed by atoms with Crippen LogP contribution in [0.4, 0.5) is 4.39 Å². The molecule has 4 rings (SSSR count). The molecule has 1 atom stereocenters. The summed E-state index contributed by atoms with van der Waals surface area (Å²) in [5, 5.41) is 5.42. The van der Waals surface area contributed by atoms with Gasteiger partial charge in [-0.1, -0.05) is 0 Å². The molecule has 0 amide bonds. The predicted octanol–water partition coefficient (Wildman–Crippen LogP) is 3.21. The van der Waals surface area contributed by atoms with Crippen molar-refractivity contribution in [1.82, 2.24) is 19.7 Å². The molecule has 3 aromatic heterocycles. The van der Waals surface area contributed by atoms with Gasteiger partial charge in [-0.2, -0.15) is 5.10 Å². The lowest BCUT2D eigenvalue weighted by Gasteiger charge is -2.16. The van der Waals surface area contributed by atoms with Crippen LogP contribution in [-0.2, 0) is 6.42 Å². The minimum atomic E-state index is -0.525. The fourth-order valence-electron chi connectivity index (χ4n) is 3.08. The van der Waals surface area contributed by atoms with Crippen molar-refractivity contribution in [2.45, 2.75) is 12.5 Å². The zero-order chi connectivity index (χ0) is 18.8. The number of nitrogens with two attached hydrogens (primary N) is 1. The van der Waals surface area contributed by atoms with Crippen LogP contribution in [0.5, 0.6) is 5.75 Å². The summed E-state index contributed by atoms with van der Waals surface area (Å²) in [7, 11) is 1.63. The van der Waals surface area contributed by atoms with E-state index in [0.717, 1.165) is 22.3 Å². The fourth-order valence-corrected chi connectivity index (χ4v) is 3.08. The van der Waals surface area contributed by atoms with Crippen molar-refractivity contribution in [3.05, 3.63) is 78.3 Å². The Morgan fingerprint density at radius 3 is 2.78 bits per heavy atom. The molecule has 27 heavy (non-hydrogen) atoms. The van der Waals surface area contributed by atoms with Crippen LogP contribution >= 0.6 is 0 Å². The summed E-state index contributed by atoms with van der Waals surface area (Å²) in [6.07, 6.45) is 5.23. The van der Waals surface area contributed by atoms with Crippen LogP contribution in [0.15, 0.2) is 61.1 Å². The lowest BCUT2D eigenvalue weighted by molar-refractivity contribution is 0.415. The van der Waals surface area contributed by atoms with Gasteiger partial charge >= 0.3 is 0 Å².